The Kier molecular flexibility index (Phi) is 4.25. The lowest BCUT2D eigenvalue weighted by molar-refractivity contribution is -0.187. The van der Waals surface area contributed by atoms with Gasteiger partial charge in [0.15, 0.2) is 0 Å². The maximum absolute atomic E-state index is 12.7. The number of nitrogens with zero attached hydrogens (tertiary/aromatic N) is 1. The first-order valence-electron chi connectivity index (χ1n) is 6.90. The Morgan fingerprint density at radius 3 is 2.40 bits per heavy atom. The SMILES string of the molecule is O=C(O)C1CCCN1C(=O)C1CCCC(C(F)(F)F)C1. The summed E-state index contributed by atoms with van der Waals surface area (Å²) in [7, 11) is 0. The average Bonchev–Trinajstić information content (AvgIpc) is 2.86. The van der Waals surface area contributed by atoms with E-state index in [4.69, 9.17) is 5.11 Å². The largest absolute Gasteiger partial charge is 0.480 e. The van der Waals surface area contributed by atoms with Crippen molar-refractivity contribution in [1.82, 2.24) is 4.90 Å². The van der Waals surface area contributed by atoms with Crippen molar-refractivity contribution in [2.45, 2.75) is 50.7 Å². The molecule has 114 valence electrons. The van der Waals surface area contributed by atoms with Gasteiger partial charge in [0.05, 0.1) is 5.92 Å². The zero-order valence-electron chi connectivity index (χ0n) is 11.0. The van der Waals surface area contributed by atoms with Gasteiger partial charge in [0.1, 0.15) is 6.04 Å². The van der Waals surface area contributed by atoms with Crippen LogP contribution in [0.25, 0.3) is 0 Å². The van der Waals surface area contributed by atoms with E-state index in [9.17, 15) is 22.8 Å². The molecule has 1 saturated heterocycles. The summed E-state index contributed by atoms with van der Waals surface area (Å²) in [4.78, 5) is 24.6. The van der Waals surface area contributed by atoms with Gasteiger partial charge in [0.2, 0.25) is 5.91 Å². The fourth-order valence-electron chi connectivity index (χ4n) is 3.23. The Labute approximate surface area is 114 Å². The van der Waals surface area contributed by atoms with Gasteiger partial charge < -0.3 is 10.0 Å². The normalized spacial score (nSPS) is 31.4. The van der Waals surface area contributed by atoms with Crippen LogP contribution < -0.4 is 0 Å². The molecule has 0 bridgehead atoms. The molecule has 20 heavy (non-hydrogen) atoms. The minimum Gasteiger partial charge on any atom is -0.480 e. The molecule has 1 N–H and O–H groups in total. The summed E-state index contributed by atoms with van der Waals surface area (Å²) in [5, 5.41) is 9.04. The summed E-state index contributed by atoms with van der Waals surface area (Å²) in [6, 6.07) is -0.867. The maximum Gasteiger partial charge on any atom is 0.391 e. The summed E-state index contributed by atoms with van der Waals surface area (Å²) in [6.45, 7) is 0.336. The second-order valence-electron chi connectivity index (χ2n) is 5.63. The number of hydrogen-bond donors (Lipinski definition) is 1. The molecule has 0 radical (unpaired) electrons. The van der Waals surface area contributed by atoms with Gasteiger partial charge in [-0.1, -0.05) is 6.42 Å². The Morgan fingerprint density at radius 1 is 1.10 bits per heavy atom. The molecule has 2 fully saturated rings. The summed E-state index contributed by atoms with van der Waals surface area (Å²) in [6.07, 6.45) is -2.63. The van der Waals surface area contributed by atoms with Gasteiger partial charge in [-0.25, -0.2) is 4.79 Å². The van der Waals surface area contributed by atoms with Gasteiger partial charge >= 0.3 is 12.1 Å². The lowest BCUT2D eigenvalue weighted by Gasteiger charge is -2.33. The number of alkyl halides is 3. The molecule has 0 aromatic heterocycles. The van der Waals surface area contributed by atoms with E-state index >= 15 is 0 Å². The molecule has 0 aromatic carbocycles. The molecule has 0 spiro atoms. The number of carbonyl (C=O) groups is 2. The number of carbonyl (C=O) groups excluding carboxylic acids is 1. The molecule has 2 aliphatic rings. The Bertz CT molecular complexity index is 397. The highest BCUT2D eigenvalue weighted by atomic mass is 19.4. The van der Waals surface area contributed by atoms with Crippen LogP contribution in [0.5, 0.6) is 0 Å². The highest BCUT2D eigenvalue weighted by molar-refractivity contribution is 5.85. The van der Waals surface area contributed by atoms with Gasteiger partial charge in [0.25, 0.3) is 0 Å². The predicted molar refractivity (Wildman–Crippen MR) is 63.9 cm³/mol. The molecule has 1 amide bonds. The maximum atomic E-state index is 12.7. The summed E-state index contributed by atoms with van der Waals surface area (Å²) < 4.78 is 38.2. The Morgan fingerprint density at radius 2 is 1.80 bits per heavy atom. The van der Waals surface area contributed by atoms with E-state index in [0.717, 1.165) is 0 Å². The van der Waals surface area contributed by atoms with Crippen molar-refractivity contribution in [1.29, 1.82) is 0 Å². The van der Waals surface area contributed by atoms with Gasteiger partial charge in [-0.15, -0.1) is 0 Å². The number of aliphatic carboxylic acids is 1. The molecule has 3 unspecified atom stereocenters. The van der Waals surface area contributed by atoms with Crippen molar-refractivity contribution in [3.05, 3.63) is 0 Å². The van der Waals surface area contributed by atoms with Crippen LogP contribution in [0.15, 0.2) is 0 Å². The second kappa shape index (κ2) is 5.61. The third kappa shape index (κ3) is 3.07. The standard InChI is InChI=1S/C13H18F3NO3/c14-13(15,16)9-4-1-3-8(7-9)11(18)17-6-2-5-10(17)12(19)20/h8-10H,1-7H2,(H,19,20). The minimum absolute atomic E-state index is 0.0651. The molecule has 1 aliphatic heterocycles. The third-order valence-electron chi connectivity index (χ3n) is 4.31. The molecular formula is C13H18F3NO3. The highest BCUT2D eigenvalue weighted by Gasteiger charge is 2.45. The van der Waals surface area contributed by atoms with E-state index in [0.29, 0.717) is 32.2 Å². The Hall–Kier alpha value is -1.27. The van der Waals surface area contributed by atoms with Crippen LogP contribution in [0.4, 0.5) is 13.2 Å². The number of halogens is 3. The molecule has 0 aromatic rings. The highest BCUT2D eigenvalue weighted by Crippen LogP contribution is 2.41. The molecule has 1 heterocycles. The van der Waals surface area contributed by atoms with Crippen LogP contribution in [-0.2, 0) is 9.59 Å². The topological polar surface area (TPSA) is 57.6 Å². The second-order valence-corrected chi connectivity index (χ2v) is 5.63. The summed E-state index contributed by atoms with van der Waals surface area (Å²) in [5.41, 5.74) is 0. The first-order valence-corrected chi connectivity index (χ1v) is 6.90. The average molecular weight is 293 g/mol. The van der Waals surface area contributed by atoms with E-state index in [2.05, 4.69) is 0 Å². The quantitative estimate of drug-likeness (QED) is 0.850. The molecular weight excluding hydrogens is 275 g/mol. The monoisotopic (exact) mass is 293 g/mol. The predicted octanol–water partition coefficient (Wildman–Crippen LogP) is 2.43. The number of carboxylic acids is 1. The van der Waals surface area contributed by atoms with Crippen LogP contribution in [0, 0.1) is 11.8 Å². The number of carboxylic acid groups (broad SMARTS) is 1. The summed E-state index contributed by atoms with van der Waals surface area (Å²) >= 11 is 0. The zero-order valence-corrected chi connectivity index (χ0v) is 11.0. The summed E-state index contributed by atoms with van der Waals surface area (Å²) in [5.74, 6) is -3.60. The zero-order chi connectivity index (χ0) is 14.9. The van der Waals surface area contributed by atoms with Gasteiger partial charge in [-0.3, -0.25) is 4.79 Å². The molecule has 1 aliphatic carbocycles. The number of likely N-dealkylation sites (tertiary alicyclic amines) is 1. The molecule has 4 nitrogen and oxygen atoms in total. The van der Waals surface area contributed by atoms with Crippen molar-refractivity contribution in [3.8, 4) is 0 Å². The fourth-order valence-corrected chi connectivity index (χ4v) is 3.23. The first kappa shape index (κ1) is 15.1. The van der Waals surface area contributed by atoms with Crippen LogP contribution in [0.1, 0.15) is 38.5 Å². The van der Waals surface area contributed by atoms with Crippen molar-refractivity contribution in [2.75, 3.05) is 6.54 Å². The van der Waals surface area contributed by atoms with Crippen LogP contribution in [0.2, 0.25) is 0 Å². The van der Waals surface area contributed by atoms with Crippen molar-refractivity contribution >= 4 is 11.9 Å². The lowest BCUT2D eigenvalue weighted by atomic mass is 9.80. The smallest absolute Gasteiger partial charge is 0.391 e. The molecule has 2 rings (SSSR count). The van der Waals surface area contributed by atoms with E-state index in [1.165, 1.54) is 4.90 Å². The molecule has 7 heteroatoms. The molecule has 3 atom stereocenters. The van der Waals surface area contributed by atoms with E-state index in [1.807, 2.05) is 0 Å². The van der Waals surface area contributed by atoms with Crippen molar-refractivity contribution in [2.24, 2.45) is 11.8 Å². The van der Waals surface area contributed by atoms with E-state index in [-0.39, 0.29) is 12.8 Å². The van der Waals surface area contributed by atoms with Gasteiger partial charge in [-0.2, -0.15) is 13.2 Å². The third-order valence-corrected chi connectivity index (χ3v) is 4.31. The lowest BCUT2D eigenvalue weighted by Crippen LogP contribution is -2.45. The Balaban J connectivity index is 2.03. The van der Waals surface area contributed by atoms with Crippen LogP contribution >= 0.6 is 0 Å². The van der Waals surface area contributed by atoms with E-state index < -0.39 is 35.9 Å². The number of amides is 1. The van der Waals surface area contributed by atoms with Crippen molar-refractivity contribution < 1.29 is 27.9 Å². The fraction of sp³-hybridized carbons (Fsp3) is 0.846. The number of rotatable bonds is 2. The van der Waals surface area contributed by atoms with E-state index in [1.54, 1.807) is 0 Å². The van der Waals surface area contributed by atoms with Crippen molar-refractivity contribution in [3.63, 3.8) is 0 Å². The number of hydrogen-bond acceptors (Lipinski definition) is 2. The van der Waals surface area contributed by atoms with Crippen LogP contribution in [0.3, 0.4) is 0 Å². The van der Waals surface area contributed by atoms with Crippen LogP contribution in [-0.4, -0.2) is 40.6 Å². The first-order chi connectivity index (χ1) is 9.30. The van der Waals surface area contributed by atoms with Gasteiger partial charge in [0, 0.05) is 12.5 Å². The molecule has 1 saturated carbocycles. The van der Waals surface area contributed by atoms with Gasteiger partial charge in [-0.05, 0) is 32.1 Å². The minimum atomic E-state index is -4.27.